The molecule has 8 nitrogen and oxygen atoms in total. The maximum absolute atomic E-state index is 9.57. The fraction of sp³-hybridized carbons (Fsp3) is 0.750. The first kappa shape index (κ1) is 16.2. The standard InChI is InChI=1S/C12H20ClN5O3/c1-20-8-9(19)2-3-14-11-15-10(13)16-12(17-11)18-4-6-21-7-5-18/h9,19H,2-8H2,1H3,(H,14,15,16,17). The van der Waals surface area contributed by atoms with E-state index in [4.69, 9.17) is 21.1 Å². The van der Waals surface area contributed by atoms with E-state index < -0.39 is 6.10 Å². The lowest BCUT2D eigenvalue weighted by Crippen LogP contribution is -2.37. The number of anilines is 2. The SMILES string of the molecule is COCC(O)CCNc1nc(Cl)nc(N2CCOCC2)n1. The van der Waals surface area contributed by atoms with Crippen LogP contribution < -0.4 is 10.2 Å². The van der Waals surface area contributed by atoms with Crippen LogP contribution in [0.2, 0.25) is 5.28 Å². The zero-order chi connectivity index (χ0) is 15.1. The molecule has 0 bridgehead atoms. The van der Waals surface area contributed by atoms with Gasteiger partial charge in [0, 0.05) is 26.7 Å². The van der Waals surface area contributed by atoms with Crippen LogP contribution in [0.25, 0.3) is 0 Å². The molecule has 0 spiro atoms. The van der Waals surface area contributed by atoms with Gasteiger partial charge in [-0.25, -0.2) is 0 Å². The first-order valence-electron chi connectivity index (χ1n) is 6.84. The fourth-order valence-corrected chi connectivity index (χ4v) is 2.11. The van der Waals surface area contributed by atoms with Gasteiger partial charge in [0.1, 0.15) is 0 Å². The van der Waals surface area contributed by atoms with Gasteiger partial charge in [0.2, 0.25) is 17.2 Å². The number of rotatable bonds is 7. The molecular weight excluding hydrogens is 298 g/mol. The summed E-state index contributed by atoms with van der Waals surface area (Å²) in [5.74, 6) is 0.944. The molecule has 2 N–H and O–H groups in total. The molecule has 9 heteroatoms. The molecule has 1 aromatic heterocycles. The third kappa shape index (κ3) is 5.24. The number of aliphatic hydroxyl groups excluding tert-OH is 1. The zero-order valence-electron chi connectivity index (χ0n) is 12.0. The van der Waals surface area contributed by atoms with E-state index in [0.717, 1.165) is 13.1 Å². The molecule has 118 valence electrons. The first-order chi connectivity index (χ1) is 10.2. The van der Waals surface area contributed by atoms with Crippen molar-refractivity contribution < 1.29 is 14.6 Å². The molecule has 1 atom stereocenters. The maximum Gasteiger partial charge on any atom is 0.231 e. The molecule has 1 aliphatic rings. The summed E-state index contributed by atoms with van der Waals surface area (Å²) in [4.78, 5) is 14.5. The van der Waals surface area contributed by atoms with Gasteiger partial charge < -0.3 is 24.8 Å². The van der Waals surface area contributed by atoms with Gasteiger partial charge in [-0.15, -0.1) is 0 Å². The highest BCUT2D eigenvalue weighted by molar-refractivity contribution is 6.28. The molecule has 2 rings (SSSR count). The molecule has 1 fully saturated rings. The van der Waals surface area contributed by atoms with Crippen LogP contribution in [-0.2, 0) is 9.47 Å². The first-order valence-corrected chi connectivity index (χ1v) is 7.22. The van der Waals surface area contributed by atoms with Gasteiger partial charge >= 0.3 is 0 Å². The smallest absolute Gasteiger partial charge is 0.231 e. The maximum atomic E-state index is 9.57. The summed E-state index contributed by atoms with van der Waals surface area (Å²) in [6.45, 7) is 3.58. The molecule has 1 saturated heterocycles. The summed E-state index contributed by atoms with van der Waals surface area (Å²) in [6, 6.07) is 0. The summed E-state index contributed by atoms with van der Waals surface area (Å²) in [5, 5.41) is 12.8. The third-order valence-corrected chi connectivity index (χ3v) is 3.18. The number of nitrogens with zero attached hydrogens (tertiary/aromatic N) is 4. The molecule has 0 radical (unpaired) electrons. The molecule has 2 heterocycles. The number of morpholine rings is 1. The Hall–Kier alpha value is -1.22. The van der Waals surface area contributed by atoms with Crippen LogP contribution >= 0.6 is 11.6 Å². The molecule has 1 aliphatic heterocycles. The van der Waals surface area contributed by atoms with Crippen LogP contribution in [0.15, 0.2) is 0 Å². The Bertz CT molecular complexity index is 445. The van der Waals surface area contributed by atoms with Crippen molar-refractivity contribution >= 4 is 23.5 Å². The molecule has 0 aliphatic carbocycles. The van der Waals surface area contributed by atoms with Crippen molar-refractivity contribution in [3.8, 4) is 0 Å². The number of hydrogen-bond acceptors (Lipinski definition) is 8. The highest BCUT2D eigenvalue weighted by Crippen LogP contribution is 2.15. The third-order valence-electron chi connectivity index (χ3n) is 3.01. The second-order valence-corrected chi connectivity index (χ2v) is 4.99. The van der Waals surface area contributed by atoms with E-state index in [9.17, 15) is 5.11 Å². The predicted molar refractivity (Wildman–Crippen MR) is 78.9 cm³/mol. The Kier molecular flexibility index (Phi) is 6.37. The van der Waals surface area contributed by atoms with E-state index in [2.05, 4.69) is 20.3 Å². The molecule has 21 heavy (non-hydrogen) atoms. The Morgan fingerprint density at radius 3 is 2.86 bits per heavy atom. The van der Waals surface area contributed by atoms with E-state index >= 15 is 0 Å². The van der Waals surface area contributed by atoms with Gasteiger partial charge in [0.05, 0.1) is 25.9 Å². The van der Waals surface area contributed by atoms with Gasteiger partial charge in [-0.05, 0) is 18.0 Å². The number of methoxy groups -OCH3 is 1. The molecule has 0 amide bonds. The number of nitrogens with one attached hydrogen (secondary N) is 1. The van der Waals surface area contributed by atoms with Crippen molar-refractivity contribution in [3.63, 3.8) is 0 Å². The lowest BCUT2D eigenvalue weighted by atomic mass is 10.3. The van der Waals surface area contributed by atoms with Crippen molar-refractivity contribution in [1.82, 2.24) is 15.0 Å². The van der Waals surface area contributed by atoms with E-state index in [0.29, 0.717) is 44.7 Å². The van der Waals surface area contributed by atoms with Crippen LogP contribution in [0.4, 0.5) is 11.9 Å². The second-order valence-electron chi connectivity index (χ2n) is 4.65. The Balaban J connectivity index is 1.91. The van der Waals surface area contributed by atoms with Crippen molar-refractivity contribution in [2.45, 2.75) is 12.5 Å². The van der Waals surface area contributed by atoms with Gasteiger partial charge in [0.15, 0.2) is 0 Å². The van der Waals surface area contributed by atoms with Crippen LogP contribution in [0.5, 0.6) is 0 Å². The highest BCUT2D eigenvalue weighted by atomic mass is 35.5. The van der Waals surface area contributed by atoms with Gasteiger partial charge in [0.25, 0.3) is 0 Å². The van der Waals surface area contributed by atoms with Crippen molar-refractivity contribution in [2.75, 3.05) is 56.8 Å². The molecule has 1 unspecified atom stereocenters. The van der Waals surface area contributed by atoms with Gasteiger partial charge in [-0.1, -0.05) is 0 Å². The average molecular weight is 318 g/mol. The van der Waals surface area contributed by atoms with E-state index in [1.807, 2.05) is 4.90 Å². The van der Waals surface area contributed by atoms with E-state index in [1.54, 1.807) is 7.11 Å². The highest BCUT2D eigenvalue weighted by Gasteiger charge is 2.16. The number of halogens is 1. The van der Waals surface area contributed by atoms with Crippen molar-refractivity contribution in [1.29, 1.82) is 0 Å². The van der Waals surface area contributed by atoms with E-state index in [-0.39, 0.29) is 5.28 Å². The van der Waals surface area contributed by atoms with Crippen LogP contribution in [0.3, 0.4) is 0 Å². The minimum absolute atomic E-state index is 0.145. The van der Waals surface area contributed by atoms with Crippen LogP contribution in [0, 0.1) is 0 Å². The lowest BCUT2D eigenvalue weighted by molar-refractivity contribution is 0.0615. The number of aliphatic hydroxyl groups is 1. The molecule has 0 aromatic carbocycles. The largest absolute Gasteiger partial charge is 0.391 e. The summed E-state index contributed by atoms with van der Waals surface area (Å²) in [5.41, 5.74) is 0. The van der Waals surface area contributed by atoms with Crippen molar-refractivity contribution in [2.24, 2.45) is 0 Å². The van der Waals surface area contributed by atoms with Gasteiger partial charge in [-0.2, -0.15) is 15.0 Å². The minimum atomic E-state index is -0.515. The minimum Gasteiger partial charge on any atom is -0.391 e. The second kappa shape index (κ2) is 8.28. The molecule has 1 aromatic rings. The predicted octanol–water partition coefficient (Wildman–Crippen LogP) is 0.171. The normalized spacial score (nSPS) is 16.8. The summed E-state index contributed by atoms with van der Waals surface area (Å²) < 4.78 is 10.2. The Labute approximate surface area is 128 Å². The summed E-state index contributed by atoms with van der Waals surface area (Å²) >= 11 is 5.93. The monoisotopic (exact) mass is 317 g/mol. The van der Waals surface area contributed by atoms with Crippen LogP contribution in [-0.4, -0.2) is 72.7 Å². The zero-order valence-corrected chi connectivity index (χ0v) is 12.7. The van der Waals surface area contributed by atoms with Crippen LogP contribution in [0.1, 0.15) is 6.42 Å². The molecular formula is C12H20ClN5O3. The Morgan fingerprint density at radius 2 is 2.14 bits per heavy atom. The summed E-state index contributed by atoms with van der Waals surface area (Å²) in [7, 11) is 1.55. The summed E-state index contributed by atoms with van der Waals surface area (Å²) in [6.07, 6.45) is 0.0165. The van der Waals surface area contributed by atoms with E-state index in [1.165, 1.54) is 0 Å². The Morgan fingerprint density at radius 1 is 1.38 bits per heavy atom. The molecule has 0 saturated carbocycles. The van der Waals surface area contributed by atoms with Gasteiger partial charge in [-0.3, -0.25) is 0 Å². The van der Waals surface area contributed by atoms with Crippen molar-refractivity contribution in [3.05, 3.63) is 5.28 Å². The number of ether oxygens (including phenoxy) is 2. The quantitative estimate of drug-likeness (QED) is 0.735. The lowest BCUT2D eigenvalue weighted by Gasteiger charge is -2.26. The fourth-order valence-electron chi connectivity index (χ4n) is 1.95. The number of aromatic nitrogens is 3. The topological polar surface area (TPSA) is 92.6 Å². The number of hydrogen-bond donors (Lipinski definition) is 2. The average Bonchev–Trinajstić information content (AvgIpc) is 2.48.